The largest absolute Gasteiger partial charge is 0.309 e. The van der Waals surface area contributed by atoms with Crippen molar-refractivity contribution in [3.63, 3.8) is 0 Å². The first kappa shape index (κ1) is 40.4. The van der Waals surface area contributed by atoms with Gasteiger partial charge in [-0.3, -0.25) is 0 Å². The van der Waals surface area contributed by atoms with Crippen molar-refractivity contribution in [2.45, 2.75) is 0 Å². The van der Waals surface area contributed by atoms with Crippen LogP contribution in [-0.2, 0) is 0 Å². The van der Waals surface area contributed by atoms with Gasteiger partial charge in [-0.2, -0.15) is 5.26 Å². The number of hydrogen-bond acceptors (Lipinski definition) is 1. The summed E-state index contributed by atoms with van der Waals surface area (Å²) in [6.07, 6.45) is 0. The minimum absolute atomic E-state index is 0.644. The molecule has 0 saturated carbocycles. The van der Waals surface area contributed by atoms with Gasteiger partial charge < -0.3 is 13.5 Å². The Morgan fingerprint density at radius 3 is 1.22 bits per heavy atom. The molecule has 0 aliphatic carbocycles. The van der Waals surface area contributed by atoms with Gasteiger partial charge in [-0.15, -0.1) is 0 Å². The minimum Gasteiger partial charge on any atom is -0.309 e. The van der Waals surface area contributed by atoms with E-state index in [-0.39, 0.29) is 0 Å². The third-order valence-electron chi connectivity index (χ3n) is 15.5. The third-order valence-corrected chi connectivity index (χ3v) is 20.3. The number of para-hydroxylation sites is 3. The number of aromatic nitrogens is 3. The Balaban J connectivity index is 0.971. The highest BCUT2D eigenvalue weighted by Crippen LogP contribution is 2.43. The summed E-state index contributed by atoms with van der Waals surface area (Å²) in [6.45, 7) is 0. The molecule has 0 atom stereocenters. The van der Waals surface area contributed by atoms with Gasteiger partial charge in [0.1, 0.15) is 0 Å². The van der Waals surface area contributed by atoms with E-state index in [1.54, 1.807) is 0 Å². The molecule has 11 aromatic carbocycles. The van der Waals surface area contributed by atoms with E-state index in [2.05, 4.69) is 268 Å². The van der Waals surface area contributed by atoms with Crippen molar-refractivity contribution in [2.75, 3.05) is 0 Å². The maximum atomic E-state index is 10.3. The number of benzene rings is 11. The van der Waals surface area contributed by atoms with Crippen molar-refractivity contribution in [1.29, 1.82) is 5.26 Å². The van der Waals surface area contributed by atoms with Crippen molar-refractivity contribution in [2.24, 2.45) is 0 Å². The van der Waals surface area contributed by atoms with Crippen molar-refractivity contribution in [3.8, 4) is 28.6 Å². The molecule has 0 fully saturated rings. The number of fused-ring (bicyclic) bond motifs is 12. The predicted molar refractivity (Wildman–Crippen MR) is 304 cm³/mol. The second-order valence-corrected chi connectivity index (χ2v) is 23.0. The molecule has 4 aromatic heterocycles. The molecule has 15 rings (SSSR count). The van der Waals surface area contributed by atoms with Crippen LogP contribution < -0.4 is 20.7 Å². The van der Waals surface area contributed by atoms with Crippen molar-refractivity contribution in [3.05, 3.63) is 260 Å². The fraction of sp³-hybridized carbons (Fsp3) is 0. The molecule has 0 bridgehead atoms. The van der Waals surface area contributed by atoms with Crippen LogP contribution >= 0.6 is 0 Å². The highest BCUT2D eigenvalue weighted by molar-refractivity contribution is 7.20. The Labute approximate surface area is 416 Å². The predicted octanol–water partition coefficient (Wildman–Crippen LogP) is 13.9. The quantitative estimate of drug-likeness (QED) is 0.116. The van der Waals surface area contributed by atoms with E-state index < -0.39 is 8.07 Å². The van der Waals surface area contributed by atoms with Gasteiger partial charge >= 0.3 is 0 Å². The van der Waals surface area contributed by atoms with Gasteiger partial charge in [0, 0.05) is 54.5 Å². The van der Waals surface area contributed by atoms with Gasteiger partial charge in [0.15, 0.2) is 8.07 Å². The second-order valence-electron chi connectivity index (χ2n) is 19.2. The summed E-state index contributed by atoms with van der Waals surface area (Å²) in [7, 11) is -2.82. The van der Waals surface area contributed by atoms with Crippen molar-refractivity contribution >= 4 is 111 Å². The summed E-state index contributed by atoms with van der Waals surface area (Å²) >= 11 is 0. The van der Waals surface area contributed by atoms with E-state index in [1.165, 1.54) is 75.1 Å². The van der Waals surface area contributed by atoms with E-state index in [0.29, 0.717) is 5.56 Å². The third kappa shape index (κ3) is 5.67. The van der Waals surface area contributed by atoms with Crippen LogP contribution in [-0.4, -0.2) is 21.6 Å². The van der Waals surface area contributed by atoms with Gasteiger partial charge in [0.05, 0.1) is 50.2 Å². The van der Waals surface area contributed by atoms with Crippen molar-refractivity contribution < 1.29 is 0 Å². The summed E-state index contributed by atoms with van der Waals surface area (Å²) < 4.78 is 7.26. The Kier molecular flexibility index (Phi) is 8.71. The lowest BCUT2D eigenvalue weighted by Crippen LogP contribution is -2.74. The van der Waals surface area contributed by atoms with Crippen LogP contribution in [0, 0.1) is 11.3 Å². The topological polar surface area (TPSA) is 38.1 Å². The van der Waals surface area contributed by atoms with Gasteiger partial charge in [-0.1, -0.05) is 170 Å². The van der Waals surface area contributed by atoms with Crippen LogP contribution in [0.15, 0.2) is 255 Å². The smallest absolute Gasteiger partial charge is 0.179 e. The zero-order valence-corrected chi connectivity index (χ0v) is 40.0. The molecule has 0 unspecified atom stereocenters. The second kappa shape index (κ2) is 15.5. The van der Waals surface area contributed by atoms with E-state index in [1.807, 2.05) is 6.07 Å². The summed E-state index contributed by atoms with van der Waals surface area (Å²) in [6, 6.07) is 96.3. The molecule has 4 heterocycles. The molecule has 0 amide bonds. The summed E-state index contributed by atoms with van der Waals surface area (Å²) in [5.74, 6) is 0. The molecule has 0 saturated heterocycles. The molecule has 334 valence electrons. The maximum absolute atomic E-state index is 10.3. The molecule has 4 nitrogen and oxygen atoms in total. The number of nitrogens with zero attached hydrogens (tertiary/aromatic N) is 4. The Morgan fingerprint density at radius 2 is 0.708 bits per heavy atom. The average Bonchev–Trinajstić information content (AvgIpc) is 4.18. The molecule has 0 radical (unpaired) electrons. The molecular formula is C67H42N4Si. The van der Waals surface area contributed by atoms with Crippen LogP contribution in [0.25, 0.3) is 104 Å². The fourth-order valence-electron chi connectivity index (χ4n) is 12.5. The van der Waals surface area contributed by atoms with E-state index in [4.69, 9.17) is 0 Å². The summed E-state index contributed by atoms with van der Waals surface area (Å²) in [5, 5.41) is 25.2. The highest BCUT2D eigenvalue weighted by atomic mass is 28.3. The summed E-state index contributed by atoms with van der Waals surface area (Å²) in [5.41, 5.74) is 13.3. The molecule has 0 aliphatic heterocycles. The lowest BCUT2D eigenvalue weighted by Gasteiger charge is -2.34. The van der Waals surface area contributed by atoms with Crippen molar-refractivity contribution in [1.82, 2.24) is 13.5 Å². The lowest BCUT2D eigenvalue weighted by atomic mass is 10.00. The number of rotatable bonds is 7. The Hall–Kier alpha value is -9.47. The van der Waals surface area contributed by atoms with Gasteiger partial charge in [-0.05, 0) is 117 Å². The van der Waals surface area contributed by atoms with Gasteiger partial charge in [-0.25, -0.2) is 0 Å². The zero-order valence-electron chi connectivity index (χ0n) is 39.0. The molecule has 0 aliphatic rings. The van der Waals surface area contributed by atoms with E-state index in [9.17, 15) is 5.26 Å². The van der Waals surface area contributed by atoms with Crippen LogP contribution in [0.2, 0.25) is 0 Å². The molecule has 5 heteroatoms. The summed E-state index contributed by atoms with van der Waals surface area (Å²) in [4.78, 5) is 0. The molecule has 0 N–H and O–H groups in total. The van der Waals surface area contributed by atoms with E-state index >= 15 is 0 Å². The standard InChI is InChI=1S/C67H42N4Si/c68-43-44-29-33-63-55(37-44)56-38-45(31-35-65(56)70(63)48-40-59-53-25-13-15-27-61(53)71-62-28-16-14-26-54(62)60(41-48)67(59)71)46-30-34-64-57(39-46)58-42-52(32-36-66(58)69(64)47-17-5-1-6-18-47)72(49-19-7-2-8-20-49,50-21-9-3-10-22-50)51-23-11-4-12-24-51/h1-42H. The minimum atomic E-state index is -2.82. The molecule has 72 heavy (non-hydrogen) atoms. The maximum Gasteiger partial charge on any atom is 0.179 e. The highest BCUT2D eigenvalue weighted by Gasteiger charge is 2.41. The Morgan fingerprint density at radius 1 is 0.292 bits per heavy atom. The number of nitriles is 1. The average molecular weight is 931 g/mol. The SMILES string of the molecule is N#Cc1ccc2c(c1)c1cc(-c3ccc4c(c3)c3cc([Si](c5ccccc5)(c5ccccc5)c5ccccc5)ccc3n4-c3ccccc3)ccc1n2-c1cc2c3ccccc3n3c4ccccc4c(c1)c23. The first-order valence-electron chi connectivity index (χ1n) is 24.6. The first-order chi connectivity index (χ1) is 35.7. The van der Waals surface area contributed by atoms with E-state index in [0.717, 1.165) is 49.8 Å². The molecule has 15 aromatic rings. The fourth-order valence-corrected chi connectivity index (χ4v) is 17.2. The normalized spacial score (nSPS) is 12.2. The Bertz CT molecular complexity index is 4500. The molecule has 0 spiro atoms. The van der Waals surface area contributed by atoms with Crippen LogP contribution in [0.1, 0.15) is 5.56 Å². The molecular weight excluding hydrogens is 889 g/mol. The van der Waals surface area contributed by atoms with Gasteiger partial charge in [0.2, 0.25) is 0 Å². The van der Waals surface area contributed by atoms with Crippen LogP contribution in [0.4, 0.5) is 0 Å². The lowest BCUT2D eigenvalue weighted by molar-refractivity contribution is 1.18. The van der Waals surface area contributed by atoms with Crippen LogP contribution in [0.5, 0.6) is 0 Å². The first-order valence-corrected chi connectivity index (χ1v) is 26.6. The monoisotopic (exact) mass is 930 g/mol. The van der Waals surface area contributed by atoms with Gasteiger partial charge in [0.25, 0.3) is 0 Å². The van der Waals surface area contributed by atoms with Crippen LogP contribution in [0.3, 0.4) is 0 Å². The number of hydrogen-bond donors (Lipinski definition) is 0. The zero-order chi connectivity index (χ0) is 47.5.